The number of hydrogen-bond donors (Lipinski definition) is 0. The van der Waals surface area contributed by atoms with Gasteiger partial charge in [0.05, 0.1) is 0 Å². The lowest BCUT2D eigenvalue weighted by molar-refractivity contribution is 0.339. The van der Waals surface area contributed by atoms with E-state index >= 15 is 0 Å². The van der Waals surface area contributed by atoms with Crippen LogP contribution < -0.4 is 0 Å². The van der Waals surface area contributed by atoms with Crippen molar-refractivity contribution >= 4 is 0 Å². The van der Waals surface area contributed by atoms with E-state index < -0.39 is 0 Å². The van der Waals surface area contributed by atoms with Gasteiger partial charge in [-0.3, -0.25) is 0 Å². The maximum absolute atomic E-state index is 2.39. The molecule has 0 heterocycles. The van der Waals surface area contributed by atoms with E-state index in [0.29, 0.717) is 0 Å². The van der Waals surface area contributed by atoms with Crippen molar-refractivity contribution in [3.8, 4) is 0 Å². The van der Waals surface area contributed by atoms with Crippen LogP contribution in [0.3, 0.4) is 0 Å². The van der Waals surface area contributed by atoms with E-state index in [0.717, 1.165) is 5.92 Å². The first-order valence-electron chi connectivity index (χ1n) is 4.01. The normalized spacial score (nSPS) is 19.0. The summed E-state index contributed by atoms with van der Waals surface area (Å²) in [4.78, 5) is 2.39. The predicted molar refractivity (Wildman–Crippen MR) is 40.5 cm³/mol. The molecule has 0 aromatic carbocycles. The van der Waals surface area contributed by atoms with Crippen molar-refractivity contribution < 1.29 is 0 Å². The molecular weight excluding hydrogens is 110 g/mol. The molecule has 1 nitrogen and oxygen atoms in total. The fourth-order valence-corrected chi connectivity index (χ4v) is 0.968. The lowest BCUT2D eigenvalue weighted by Crippen LogP contribution is -2.18. The van der Waals surface area contributed by atoms with Gasteiger partial charge in [-0.2, -0.15) is 0 Å². The first-order valence-corrected chi connectivity index (χ1v) is 4.01. The van der Waals surface area contributed by atoms with E-state index in [1.54, 1.807) is 0 Å². The third-order valence-electron chi connectivity index (χ3n) is 2.16. The molecule has 0 atom stereocenters. The lowest BCUT2D eigenvalue weighted by Gasteiger charge is -2.12. The summed E-state index contributed by atoms with van der Waals surface area (Å²) in [6.45, 7) is 4.72. The first kappa shape index (κ1) is 7.07. The summed E-state index contributed by atoms with van der Waals surface area (Å²) in [6, 6.07) is 0. The largest absolute Gasteiger partial charge is 0.307 e. The fraction of sp³-hybridized carbons (Fsp3) is 1.00. The summed E-state index contributed by atoms with van der Waals surface area (Å²) < 4.78 is 0. The zero-order valence-electron chi connectivity index (χ0n) is 6.56. The van der Waals surface area contributed by atoms with Crippen molar-refractivity contribution in [2.75, 3.05) is 20.1 Å². The second-order valence-electron chi connectivity index (χ2n) is 3.13. The van der Waals surface area contributed by atoms with Crippen LogP contribution in [0.15, 0.2) is 0 Å². The number of nitrogens with zero attached hydrogens (tertiary/aromatic N) is 1. The molecule has 0 N–H and O–H groups in total. The second-order valence-corrected chi connectivity index (χ2v) is 3.13. The second kappa shape index (κ2) is 3.21. The third-order valence-corrected chi connectivity index (χ3v) is 2.16. The monoisotopic (exact) mass is 127 g/mol. The molecule has 0 aromatic heterocycles. The molecule has 54 valence electrons. The Morgan fingerprint density at radius 3 is 2.56 bits per heavy atom. The molecule has 0 saturated heterocycles. The molecule has 0 amide bonds. The van der Waals surface area contributed by atoms with Gasteiger partial charge < -0.3 is 4.90 Å². The van der Waals surface area contributed by atoms with Gasteiger partial charge in [-0.05, 0) is 32.5 Å². The molecule has 0 unspecified atom stereocenters. The molecule has 0 aliphatic heterocycles. The fourth-order valence-electron chi connectivity index (χ4n) is 0.968. The molecule has 1 fully saturated rings. The van der Waals surface area contributed by atoms with Crippen LogP contribution in [0, 0.1) is 5.92 Å². The van der Waals surface area contributed by atoms with Gasteiger partial charge in [0.1, 0.15) is 0 Å². The van der Waals surface area contributed by atoms with E-state index in [-0.39, 0.29) is 0 Å². The molecule has 1 saturated carbocycles. The molecule has 1 aliphatic rings. The third kappa shape index (κ3) is 2.85. The minimum atomic E-state index is 1.10. The lowest BCUT2D eigenvalue weighted by atomic mass is 10.3. The van der Waals surface area contributed by atoms with E-state index in [9.17, 15) is 0 Å². The van der Waals surface area contributed by atoms with Gasteiger partial charge in [0.25, 0.3) is 0 Å². The highest BCUT2D eigenvalue weighted by Gasteiger charge is 2.20. The van der Waals surface area contributed by atoms with Crippen LogP contribution in [0.25, 0.3) is 0 Å². The van der Waals surface area contributed by atoms with Gasteiger partial charge in [0.15, 0.2) is 0 Å². The Hall–Kier alpha value is -0.0400. The summed E-state index contributed by atoms with van der Waals surface area (Å²) >= 11 is 0. The van der Waals surface area contributed by atoms with Crippen LogP contribution in [0.2, 0.25) is 0 Å². The van der Waals surface area contributed by atoms with Crippen molar-refractivity contribution in [1.29, 1.82) is 0 Å². The zero-order valence-corrected chi connectivity index (χ0v) is 6.56. The molecule has 0 radical (unpaired) electrons. The van der Waals surface area contributed by atoms with Crippen LogP contribution in [0.4, 0.5) is 0 Å². The van der Waals surface area contributed by atoms with Crippen molar-refractivity contribution in [3.63, 3.8) is 0 Å². The SMILES string of the molecule is CCN(C)CCC1CC1. The minimum absolute atomic E-state index is 1.10. The van der Waals surface area contributed by atoms with Gasteiger partial charge in [0.2, 0.25) is 0 Å². The van der Waals surface area contributed by atoms with E-state index in [4.69, 9.17) is 0 Å². The van der Waals surface area contributed by atoms with Crippen LogP contribution in [0.1, 0.15) is 26.2 Å². The predicted octanol–water partition coefficient (Wildman–Crippen LogP) is 1.74. The smallest absolute Gasteiger partial charge is 0.00193 e. The van der Waals surface area contributed by atoms with Crippen molar-refractivity contribution in [2.45, 2.75) is 26.2 Å². The molecular formula is C8H17N. The molecule has 0 bridgehead atoms. The average molecular weight is 127 g/mol. The quantitative estimate of drug-likeness (QED) is 0.556. The molecule has 0 spiro atoms. The van der Waals surface area contributed by atoms with Gasteiger partial charge >= 0.3 is 0 Å². The Morgan fingerprint density at radius 2 is 2.11 bits per heavy atom. The summed E-state index contributed by atoms with van der Waals surface area (Å²) in [5.74, 6) is 1.10. The van der Waals surface area contributed by atoms with Crippen LogP contribution in [0.5, 0.6) is 0 Å². The van der Waals surface area contributed by atoms with Crippen LogP contribution in [-0.2, 0) is 0 Å². The van der Waals surface area contributed by atoms with Crippen molar-refractivity contribution in [3.05, 3.63) is 0 Å². The topological polar surface area (TPSA) is 3.24 Å². The first-order chi connectivity index (χ1) is 4.33. The zero-order chi connectivity index (χ0) is 6.69. The van der Waals surface area contributed by atoms with Crippen LogP contribution >= 0.6 is 0 Å². The van der Waals surface area contributed by atoms with E-state index in [1.807, 2.05) is 0 Å². The van der Waals surface area contributed by atoms with Gasteiger partial charge in [-0.25, -0.2) is 0 Å². The highest BCUT2D eigenvalue weighted by molar-refractivity contribution is 4.73. The summed E-state index contributed by atoms with van der Waals surface area (Å²) in [5, 5.41) is 0. The molecule has 0 aromatic rings. The molecule has 1 rings (SSSR count). The maximum Gasteiger partial charge on any atom is -0.00193 e. The Kier molecular flexibility index (Phi) is 2.52. The van der Waals surface area contributed by atoms with E-state index in [2.05, 4.69) is 18.9 Å². The average Bonchev–Trinajstić information content (AvgIpc) is 2.65. The summed E-state index contributed by atoms with van der Waals surface area (Å²) in [6.07, 6.45) is 4.43. The van der Waals surface area contributed by atoms with Gasteiger partial charge in [-0.15, -0.1) is 0 Å². The van der Waals surface area contributed by atoms with Crippen molar-refractivity contribution in [2.24, 2.45) is 5.92 Å². The summed E-state index contributed by atoms with van der Waals surface area (Å²) in [7, 11) is 2.20. The van der Waals surface area contributed by atoms with E-state index in [1.165, 1.54) is 32.4 Å². The number of rotatable bonds is 4. The Labute approximate surface area is 58.0 Å². The maximum atomic E-state index is 2.39. The highest BCUT2D eigenvalue weighted by atomic mass is 15.1. The van der Waals surface area contributed by atoms with Gasteiger partial charge in [-0.1, -0.05) is 19.8 Å². The van der Waals surface area contributed by atoms with Crippen molar-refractivity contribution in [1.82, 2.24) is 4.90 Å². The minimum Gasteiger partial charge on any atom is -0.307 e. The standard InChI is InChI=1S/C8H17N/c1-3-9(2)7-6-8-4-5-8/h8H,3-7H2,1-2H3. The Balaban J connectivity index is 1.90. The van der Waals surface area contributed by atoms with Gasteiger partial charge in [0, 0.05) is 0 Å². The Morgan fingerprint density at radius 1 is 1.44 bits per heavy atom. The summed E-state index contributed by atoms with van der Waals surface area (Å²) in [5.41, 5.74) is 0. The number of hydrogen-bond acceptors (Lipinski definition) is 1. The Bertz CT molecular complexity index is 76.6. The molecule has 9 heavy (non-hydrogen) atoms. The molecule has 1 heteroatoms. The molecule has 1 aliphatic carbocycles. The van der Waals surface area contributed by atoms with Crippen LogP contribution in [-0.4, -0.2) is 25.0 Å². The highest BCUT2D eigenvalue weighted by Crippen LogP contribution is 2.32.